The van der Waals surface area contributed by atoms with E-state index in [0.717, 1.165) is 11.4 Å². The lowest BCUT2D eigenvalue weighted by atomic mass is 10.1. The Hall–Kier alpha value is -2.63. The van der Waals surface area contributed by atoms with Gasteiger partial charge in [0.1, 0.15) is 0 Å². The summed E-state index contributed by atoms with van der Waals surface area (Å²) >= 11 is 0. The Morgan fingerprint density at radius 1 is 1.23 bits per heavy atom. The Morgan fingerprint density at radius 2 is 1.91 bits per heavy atom. The number of aliphatic carboxylic acids is 1. The first-order valence-electron chi connectivity index (χ1n) is 7.07. The zero-order valence-corrected chi connectivity index (χ0v) is 12.7. The third-order valence-corrected chi connectivity index (χ3v) is 3.33. The van der Waals surface area contributed by atoms with Gasteiger partial charge in [-0.3, -0.25) is 9.59 Å². The Labute approximate surface area is 129 Å². The standard InChI is InChI=1S/C16H19N3O3/c1-12-9-11-19(17-12)14-7-5-13(6-8-14)16(22)18(2)10-3-4-15(20)21/h5-9,11H,3-4,10H2,1-2H3,(H,20,21). The Bertz CT molecular complexity index is 662. The first-order valence-corrected chi connectivity index (χ1v) is 7.07. The van der Waals surface area contributed by atoms with Crippen LogP contribution in [0, 0.1) is 6.92 Å². The average molecular weight is 301 g/mol. The molecule has 0 fully saturated rings. The molecule has 0 saturated carbocycles. The summed E-state index contributed by atoms with van der Waals surface area (Å²) in [7, 11) is 1.68. The number of rotatable bonds is 6. The summed E-state index contributed by atoms with van der Waals surface area (Å²) in [5, 5.41) is 12.9. The van der Waals surface area contributed by atoms with E-state index in [1.54, 1.807) is 23.9 Å². The van der Waals surface area contributed by atoms with Crippen molar-refractivity contribution in [3.8, 4) is 5.69 Å². The summed E-state index contributed by atoms with van der Waals surface area (Å²) in [5.41, 5.74) is 2.39. The van der Waals surface area contributed by atoms with Crippen LogP contribution in [0.15, 0.2) is 36.5 Å². The second-order valence-electron chi connectivity index (χ2n) is 5.17. The van der Waals surface area contributed by atoms with E-state index in [2.05, 4.69) is 5.10 Å². The summed E-state index contributed by atoms with van der Waals surface area (Å²) < 4.78 is 1.75. The minimum absolute atomic E-state index is 0.0647. The number of hydrogen-bond donors (Lipinski definition) is 1. The molecule has 1 amide bonds. The molecule has 1 N–H and O–H groups in total. The summed E-state index contributed by atoms with van der Waals surface area (Å²) in [6.45, 7) is 2.34. The first-order chi connectivity index (χ1) is 10.5. The minimum Gasteiger partial charge on any atom is -0.481 e. The maximum Gasteiger partial charge on any atom is 0.303 e. The van der Waals surface area contributed by atoms with Gasteiger partial charge in [0, 0.05) is 31.8 Å². The minimum atomic E-state index is -0.847. The molecule has 0 spiro atoms. The van der Waals surface area contributed by atoms with Gasteiger partial charge < -0.3 is 10.0 Å². The number of carbonyl (C=O) groups excluding carboxylic acids is 1. The summed E-state index contributed by atoms with van der Waals surface area (Å²) in [6, 6.07) is 9.09. The number of aryl methyl sites for hydroxylation is 1. The van der Waals surface area contributed by atoms with Crippen molar-refractivity contribution in [2.45, 2.75) is 19.8 Å². The molecule has 2 rings (SSSR count). The van der Waals surface area contributed by atoms with Crippen molar-refractivity contribution in [1.82, 2.24) is 14.7 Å². The molecule has 0 atom stereocenters. The van der Waals surface area contributed by atoms with Crippen LogP contribution in [0.1, 0.15) is 28.9 Å². The van der Waals surface area contributed by atoms with Crippen LogP contribution in [0.5, 0.6) is 0 Å². The van der Waals surface area contributed by atoms with E-state index in [9.17, 15) is 9.59 Å². The van der Waals surface area contributed by atoms with Crippen molar-refractivity contribution in [3.05, 3.63) is 47.8 Å². The lowest BCUT2D eigenvalue weighted by Gasteiger charge is -2.16. The fourth-order valence-corrected chi connectivity index (χ4v) is 2.10. The third kappa shape index (κ3) is 3.94. The van der Waals surface area contributed by atoms with E-state index in [1.807, 2.05) is 31.3 Å². The molecule has 0 aliphatic heterocycles. The summed E-state index contributed by atoms with van der Waals surface area (Å²) in [4.78, 5) is 24.2. The molecule has 1 aromatic heterocycles. The van der Waals surface area contributed by atoms with Gasteiger partial charge in [0.25, 0.3) is 5.91 Å². The molecule has 0 unspecified atom stereocenters. The van der Waals surface area contributed by atoms with Crippen LogP contribution in [0.2, 0.25) is 0 Å². The van der Waals surface area contributed by atoms with E-state index in [0.29, 0.717) is 18.5 Å². The van der Waals surface area contributed by atoms with Gasteiger partial charge in [-0.05, 0) is 43.7 Å². The van der Waals surface area contributed by atoms with Crippen LogP contribution >= 0.6 is 0 Å². The number of carboxylic acids is 1. The molecule has 0 aliphatic rings. The molecule has 22 heavy (non-hydrogen) atoms. The van der Waals surface area contributed by atoms with Crippen molar-refractivity contribution in [2.24, 2.45) is 0 Å². The normalized spacial score (nSPS) is 10.5. The van der Waals surface area contributed by atoms with E-state index in [4.69, 9.17) is 5.11 Å². The number of aromatic nitrogens is 2. The summed E-state index contributed by atoms with van der Waals surface area (Å²) in [5.74, 6) is -0.965. The highest BCUT2D eigenvalue weighted by atomic mass is 16.4. The van der Waals surface area contributed by atoms with Gasteiger partial charge in [0.05, 0.1) is 11.4 Å². The van der Waals surface area contributed by atoms with Gasteiger partial charge in [-0.15, -0.1) is 0 Å². The van der Waals surface area contributed by atoms with Crippen LogP contribution in [0.25, 0.3) is 5.69 Å². The molecule has 2 aromatic rings. The molecular weight excluding hydrogens is 282 g/mol. The molecule has 0 bridgehead atoms. The quantitative estimate of drug-likeness (QED) is 0.886. The van der Waals surface area contributed by atoms with Gasteiger partial charge in [-0.2, -0.15) is 5.10 Å². The number of carboxylic acid groups (broad SMARTS) is 1. The Kier molecular flexibility index (Phi) is 4.93. The van der Waals surface area contributed by atoms with Gasteiger partial charge in [-0.25, -0.2) is 4.68 Å². The van der Waals surface area contributed by atoms with E-state index in [1.165, 1.54) is 4.90 Å². The van der Waals surface area contributed by atoms with Gasteiger partial charge in [0.15, 0.2) is 0 Å². The second kappa shape index (κ2) is 6.89. The van der Waals surface area contributed by atoms with Crippen molar-refractivity contribution in [1.29, 1.82) is 0 Å². The molecule has 1 aromatic carbocycles. The predicted molar refractivity (Wildman–Crippen MR) is 82.1 cm³/mol. The fourth-order valence-electron chi connectivity index (χ4n) is 2.10. The second-order valence-corrected chi connectivity index (χ2v) is 5.17. The van der Waals surface area contributed by atoms with Crippen LogP contribution in [-0.4, -0.2) is 45.3 Å². The molecule has 1 heterocycles. The monoisotopic (exact) mass is 301 g/mol. The highest BCUT2D eigenvalue weighted by Gasteiger charge is 2.12. The number of hydrogen-bond acceptors (Lipinski definition) is 3. The van der Waals surface area contributed by atoms with Crippen molar-refractivity contribution >= 4 is 11.9 Å². The topological polar surface area (TPSA) is 75.4 Å². The molecule has 6 heteroatoms. The lowest BCUT2D eigenvalue weighted by molar-refractivity contribution is -0.137. The maximum atomic E-state index is 12.2. The first kappa shape index (κ1) is 15.8. The van der Waals surface area contributed by atoms with E-state index < -0.39 is 5.97 Å². The van der Waals surface area contributed by atoms with Gasteiger partial charge >= 0.3 is 5.97 Å². The summed E-state index contributed by atoms with van der Waals surface area (Å²) in [6.07, 6.45) is 2.38. The molecular formula is C16H19N3O3. The van der Waals surface area contributed by atoms with Crippen molar-refractivity contribution in [3.63, 3.8) is 0 Å². The van der Waals surface area contributed by atoms with Crippen molar-refractivity contribution in [2.75, 3.05) is 13.6 Å². The van der Waals surface area contributed by atoms with Crippen LogP contribution in [-0.2, 0) is 4.79 Å². The third-order valence-electron chi connectivity index (χ3n) is 3.33. The molecule has 0 saturated heterocycles. The molecule has 6 nitrogen and oxygen atoms in total. The fraction of sp³-hybridized carbons (Fsp3) is 0.312. The highest BCUT2D eigenvalue weighted by Crippen LogP contribution is 2.11. The van der Waals surface area contributed by atoms with E-state index in [-0.39, 0.29) is 12.3 Å². The van der Waals surface area contributed by atoms with Crippen LogP contribution in [0.4, 0.5) is 0 Å². The number of carbonyl (C=O) groups is 2. The zero-order chi connectivity index (χ0) is 16.1. The molecule has 0 radical (unpaired) electrons. The molecule has 0 aliphatic carbocycles. The number of amides is 1. The Morgan fingerprint density at radius 3 is 2.45 bits per heavy atom. The largest absolute Gasteiger partial charge is 0.481 e. The smallest absolute Gasteiger partial charge is 0.303 e. The number of nitrogens with zero attached hydrogens (tertiary/aromatic N) is 3. The number of benzene rings is 1. The van der Waals surface area contributed by atoms with Crippen molar-refractivity contribution < 1.29 is 14.7 Å². The zero-order valence-electron chi connectivity index (χ0n) is 12.7. The highest BCUT2D eigenvalue weighted by molar-refractivity contribution is 5.94. The van der Waals surface area contributed by atoms with Gasteiger partial charge in [0.2, 0.25) is 0 Å². The maximum absolute atomic E-state index is 12.2. The van der Waals surface area contributed by atoms with Gasteiger partial charge in [-0.1, -0.05) is 0 Å². The van der Waals surface area contributed by atoms with Crippen LogP contribution < -0.4 is 0 Å². The average Bonchev–Trinajstić information content (AvgIpc) is 2.93. The van der Waals surface area contributed by atoms with E-state index >= 15 is 0 Å². The lowest BCUT2D eigenvalue weighted by Crippen LogP contribution is -2.28. The van der Waals surface area contributed by atoms with Crippen LogP contribution in [0.3, 0.4) is 0 Å². The SMILES string of the molecule is Cc1ccn(-c2ccc(C(=O)N(C)CCCC(=O)O)cc2)n1. The predicted octanol–water partition coefficient (Wildman–Crippen LogP) is 2.12. The Balaban J connectivity index is 2.00. The molecule has 116 valence electrons.